The van der Waals surface area contributed by atoms with Gasteiger partial charge in [0.05, 0.1) is 18.6 Å². The average Bonchev–Trinajstić information content (AvgIpc) is 3.43. The zero-order valence-corrected chi connectivity index (χ0v) is 25.9. The lowest BCUT2D eigenvalue weighted by Crippen LogP contribution is -2.28. The second kappa shape index (κ2) is 12.1. The normalized spacial score (nSPS) is 13.0. The summed E-state index contributed by atoms with van der Waals surface area (Å²) in [7, 11) is 0. The van der Waals surface area contributed by atoms with E-state index in [-0.39, 0.29) is 26.4 Å². The maximum Gasteiger partial charge on any atom is 0.120 e. The Morgan fingerprint density at radius 3 is 1.57 bits per heavy atom. The summed E-state index contributed by atoms with van der Waals surface area (Å²) >= 11 is 0. The average molecular weight is 615 g/mol. The van der Waals surface area contributed by atoms with E-state index in [1.54, 1.807) is 0 Å². The summed E-state index contributed by atoms with van der Waals surface area (Å²) in [6.07, 6.45) is 0. The molecule has 8 rings (SSSR count). The van der Waals surface area contributed by atoms with E-state index in [4.69, 9.17) is 9.47 Å². The van der Waals surface area contributed by atoms with Gasteiger partial charge in [0.2, 0.25) is 0 Å². The fourth-order valence-electron chi connectivity index (χ4n) is 7.30. The maximum atomic E-state index is 9.26. The molecule has 0 fully saturated rings. The highest BCUT2D eigenvalue weighted by atomic mass is 16.5. The Labute approximate surface area is 274 Å². The van der Waals surface area contributed by atoms with Gasteiger partial charge in [-0.15, -0.1) is 0 Å². The fraction of sp³-hybridized carbons (Fsp3) is 0.116. The minimum Gasteiger partial charge on any atom is -0.491 e. The summed E-state index contributed by atoms with van der Waals surface area (Å²) in [5.41, 5.74) is 9.14. The fourth-order valence-corrected chi connectivity index (χ4v) is 7.30. The Balaban J connectivity index is 1.40. The van der Waals surface area contributed by atoms with Crippen LogP contribution < -0.4 is 9.47 Å². The van der Waals surface area contributed by atoms with Gasteiger partial charge in [0.1, 0.15) is 24.7 Å². The number of hydrogen-bond acceptors (Lipinski definition) is 4. The molecular weight excluding hydrogens is 580 g/mol. The number of aliphatic hydroxyl groups is 2. The second-order valence-electron chi connectivity index (χ2n) is 12.0. The van der Waals surface area contributed by atoms with Crippen LogP contribution >= 0.6 is 0 Å². The van der Waals surface area contributed by atoms with E-state index in [0.29, 0.717) is 0 Å². The van der Waals surface area contributed by atoms with Crippen molar-refractivity contribution in [3.05, 3.63) is 168 Å². The van der Waals surface area contributed by atoms with Crippen molar-refractivity contribution in [2.45, 2.75) is 5.41 Å². The highest BCUT2D eigenvalue weighted by Gasteiger charge is 2.46. The summed E-state index contributed by atoms with van der Waals surface area (Å²) in [5, 5.41) is 22.9. The molecule has 0 unspecified atom stereocenters. The Bertz CT molecular complexity index is 2150. The first kappa shape index (κ1) is 29.0. The van der Waals surface area contributed by atoms with Gasteiger partial charge in [-0.05, 0) is 109 Å². The van der Waals surface area contributed by atoms with Gasteiger partial charge >= 0.3 is 0 Å². The van der Waals surface area contributed by atoms with Crippen LogP contribution in [0, 0.1) is 0 Å². The number of aliphatic hydroxyl groups excluding tert-OH is 2. The highest BCUT2D eigenvalue weighted by molar-refractivity contribution is 5.93. The maximum absolute atomic E-state index is 9.26. The Morgan fingerprint density at radius 2 is 0.957 bits per heavy atom. The topological polar surface area (TPSA) is 58.9 Å². The zero-order chi connectivity index (χ0) is 31.8. The third-order valence-electron chi connectivity index (χ3n) is 9.36. The SMILES string of the molecule is OCCOc1ccc2cc(C3(c4ccc5cc(OCCO)ccc5c4)c4ccccc4-c4ccc(-c5ccccc5)cc43)ccc2c1. The molecule has 47 heavy (non-hydrogen) atoms. The van der Waals surface area contributed by atoms with Crippen LogP contribution in [0.5, 0.6) is 11.5 Å². The molecule has 0 heterocycles. The third-order valence-corrected chi connectivity index (χ3v) is 9.36. The molecule has 0 aromatic heterocycles. The van der Waals surface area contributed by atoms with E-state index < -0.39 is 5.41 Å². The van der Waals surface area contributed by atoms with Crippen molar-refractivity contribution < 1.29 is 19.7 Å². The summed E-state index contributed by atoms with van der Waals surface area (Å²) in [4.78, 5) is 0. The Hall–Kier alpha value is -5.42. The molecule has 4 nitrogen and oxygen atoms in total. The van der Waals surface area contributed by atoms with E-state index in [2.05, 4.69) is 121 Å². The highest BCUT2D eigenvalue weighted by Crippen LogP contribution is 2.57. The smallest absolute Gasteiger partial charge is 0.120 e. The van der Waals surface area contributed by atoms with Crippen molar-refractivity contribution in [3.63, 3.8) is 0 Å². The lowest BCUT2D eigenvalue weighted by Gasteiger charge is -2.34. The van der Waals surface area contributed by atoms with Gasteiger partial charge < -0.3 is 19.7 Å². The molecule has 7 aromatic rings. The van der Waals surface area contributed by atoms with Crippen molar-refractivity contribution in [1.82, 2.24) is 0 Å². The van der Waals surface area contributed by atoms with E-state index in [0.717, 1.165) is 33.0 Å². The van der Waals surface area contributed by atoms with Crippen LogP contribution in [0.15, 0.2) is 146 Å². The number of ether oxygens (including phenoxy) is 2. The van der Waals surface area contributed by atoms with Crippen LogP contribution in [0.3, 0.4) is 0 Å². The quantitative estimate of drug-likeness (QED) is 0.171. The van der Waals surface area contributed by atoms with E-state index in [9.17, 15) is 10.2 Å². The lowest BCUT2D eigenvalue weighted by molar-refractivity contribution is 0.201. The molecule has 0 saturated heterocycles. The molecule has 1 aliphatic carbocycles. The predicted molar refractivity (Wildman–Crippen MR) is 189 cm³/mol. The molecule has 230 valence electrons. The summed E-state index contributed by atoms with van der Waals surface area (Å²) in [6.45, 7) is 0.486. The van der Waals surface area contributed by atoms with Crippen LogP contribution in [0.4, 0.5) is 0 Å². The third kappa shape index (κ3) is 4.94. The lowest BCUT2D eigenvalue weighted by atomic mass is 9.67. The molecule has 0 spiro atoms. The molecule has 0 saturated carbocycles. The van der Waals surface area contributed by atoms with Crippen molar-refractivity contribution in [1.29, 1.82) is 0 Å². The number of fused-ring (bicyclic) bond motifs is 5. The molecule has 0 amide bonds. The van der Waals surface area contributed by atoms with Gasteiger partial charge in [-0.25, -0.2) is 0 Å². The van der Waals surface area contributed by atoms with Crippen molar-refractivity contribution in [2.75, 3.05) is 26.4 Å². The minimum atomic E-state index is -0.586. The predicted octanol–water partition coefficient (Wildman–Crippen LogP) is 8.77. The van der Waals surface area contributed by atoms with Gasteiger partial charge in [0.25, 0.3) is 0 Å². The van der Waals surface area contributed by atoms with E-state index >= 15 is 0 Å². The molecule has 0 radical (unpaired) electrons. The van der Waals surface area contributed by atoms with Gasteiger partial charge in [-0.2, -0.15) is 0 Å². The minimum absolute atomic E-state index is 0.0218. The first-order valence-corrected chi connectivity index (χ1v) is 16.0. The van der Waals surface area contributed by atoms with E-state index in [1.807, 2.05) is 24.3 Å². The Morgan fingerprint density at radius 1 is 0.426 bits per heavy atom. The van der Waals surface area contributed by atoms with Crippen LogP contribution in [0.2, 0.25) is 0 Å². The van der Waals surface area contributed by atoms with Crippen LogP contribution in [-0.2, 0) is 5.41 Å². The second-order valence-corrected chi connectivity index (χ2v) is 12.0. The van der Waals surface area contributed by atoms with Crippen LogP contribution in [0.25, 0.3) is 43.8 Å². The number of benzene rings is 7. The standard InChI is InChI=1S/C43H34O4/c44-20-22-46-37-17-12-30-24-35(15-10-32(30)26-37)43(36-16-11-33-27-38(47-23-21-45)18-13-31(33)25-36)41-9-5-4-8-39(41)40-19-14-34(28-42(40)43)29-6-2-1-3-7-29/h1-19,24-28,44-45H,20-23H2. The molecule has 1 aliphatic rings. The number of rotatable bonds is 9. The molecule has 2 N–H and O–H groups in total. The summed E-state index contributed by atoms with van der Waals surface area (Å²) < 4.78 is 11.5. The van der Waals surface area contributed by atoms with Gasteiger partial charge in [-0.1, -0.05) is 103 Å². The molecule has 7 aromatic carbocycles. The molecule has 0 bridgehead atoms. The van der Waals surface area contributed by atoms with E-state index in [1.165, 1.54) is 44.5 Å². The molecule has 4 heteroatoms. The first-order chi connectivity index (χ1) is 23.2. The monoisotopic (exact) mass is 614 g/mol. The summed E-state index contributed by atoms with van der Waals surface area (Å²) in [6, 6.07) is 52.1. The first-order valence-electron chi connectivity index (χ1n) is 16.0. The molecular formula is C43H34O4. The van der Waals surface area contributed by atoms with Crippen LogP contribution in [-0.4, -0.2) is 36.6 Å². The zero-order valence-electron chi connectivity index (χ0n) is 25.9. The van der Waals surface area contributed by atoms with Gasteiger partial charge in [0.15, 0.2) is 0 Å². The van der Waals surface area contributed by atoms with Gasteiger partial charge in [0, 0.05) is 0 Å². The van der Waals surface area contributed by atoms with Crippen molar-refractivity contribution in [3.8, 4) is 33.8 Å². The van der Waals surface area contributed by atoms with Crippen molar-refractivity contribution in [2.24, 2.45) is 0 Å². The number of hydrogen-bond donors (Lipinski definition) is 2. The van der Waals surface area contributed by atoms with Crippen LogP contribution in [0.1, 0.15) is 22.3 Å². The van der Waals surface area contributed by atoms with Crippen molar-refractivity contribution >= 4 is 21.5 Å². The molecule has 0 atom stereocenters. The molecule has 0 aliphatic heterocycles. The summed E-state index contributed by atoms with van der Waals surface area (Å²) in [5.74, 6) is 1.49. The largest absolute Gasteiger partial charge is 0.491 e. The Kier molecular flexibility index (Phi) is 7.45. The van der Waals surface area contributed by atoms with Gasteiger partial charge in [-0.3, -0.25) is 0 Å².